The average Bonchev–Trinajstić information content (AvgIpc) is 3.04. The van der Waals surface area contributed by atoms with Crippen molar-refractivity contribution in [1.82, 2.24) is 9.38 Å². The highest BCUT2D eigenvalue weighted by molar-refractivity contribution is 7.15. The number of imidazole rings is 1. The van der Waals surface area contributed by atoms with Crippen molar-refractivity contribution >= 4 is 22.6 Å². The zero-order valence-corrected chi connectivity index (χ0v) is 13.9. The largest absolute Gasteiger partial charge is 0.497 e. The highest BCUT2D eigenvalue weighted by Gasteiger charge is 2.24. The van der Waals surface area contributed by atoms with Gasteiger partial charge in [0.2, 0.25) is 0 Å². The first-order valence-electron chi connectivity index (χ1n) is 7.05. The number of rotatable bonds is 3. The van der Waals surface area contributed by atoms with E-state index in [1.54, 1.807) is 18.4 Å². The molecule has 2 aromatic heterocycles. The molecule has 0 aliphatic heterocycles. The average molecular weight is 314 g/mol. The highest BCUT2D eigenvalue weighted by Crippen LogP contribution is 2.33. The molecule has 0 N–H and O–H groups in total. The highest BCUT2D eigenvalue weighted by atomic mass is 32.1. The Morgan fingerprint density at radius 1 is 1.23 bits per heavy atom. The normalized spacial score (nSPS) is 11.8. The number of hydrogen-bond donors (Lipinski definition) is 0. The summed E-state index contributed by atoms with van der Waals surface area (Å²) in [5.74, 6) is 0.785. The van der Waals surface area contributed by atoms with E-state index >= 15 is 0 Å². The van der Waals surface area contributed by atoms with E-state index in [4.69, 9.17) is 4.74 Å². The lowest BCUT2D eigenvalue weighted by Gasteiger charge is -2.17. The molecule has 0 atom stereocenters. The Balaban J connectivity index is 2.22. The number of nitrogens with zero attached hydrogens (tertiary/aromatic N) is 2. The van der Waals surface area contributed by atoms with E-state index in [2.05, 4.69) is 31.1 Å². The number of benzene rings is 1. The Kier molecular flexibility index (Phi) is 3.53. The molecule has 22 heavy (non-hydrogen) atoms. The predicted molar refractivity (Wildman–Crippen MR) is 89.1 cm³/mol. The van der Waals surface area contributed by atoms with Crippen molar-refractivity contribution < 1.29 is 9.53 Å². The van der Waals surface area contributed by atoms with Gasteiger partial charge >= 0.3 is 0 Å². The van der Waals surface area contributed by atoms with Crippen molar-refractivity contribution in [2.75, 3.05) is 7.11 Å². The summed E-state index contributed by atoms with van der Waals surface area (Å²) >= 11 is 1.56. The smallest absolute Gasteiger partial charge is 0.195 e. The van der Waals surface area contributed by atoms with Gasteiger partial charge in [0.1, 0.15) is 17.1 Å². The number of aromatic nitrogens is 2. The van der Waals surface area contributed by atoms with Crippen molar-refractivity contribution in [3.8, 4) is 17.0 Å². The number of fused-ring (bicyclic) bond motifs is 1. The van der Waals surface area contributed by atoms with Crippen LogP contribution in [0.4, 0.5) is 0 Å². The minimum atomic E-state index is -0.0477. The number of carbonyl (C=O) groups excluding carboxylic acids is 1. The predicted octanol–water partition coefficient (Wildman–Crippen LogP) is 4.18. The molecule has 1 aromatic carbocycles. The number of carbonyl (C=O) groups is 1. The molecule has 0 amide bonds. The standard InChI is InChI=1S/C17H18N2O2S/c1-17(2,3)14-10-22-16-18-15(13(9-20)19(14)16)11-5-7-12(21-4)8-6-11/h5-10H,1-4H3. The summed E-state index contributed by atoms with van der Waals surface area (Å²) < 4.78 is 7.15. The molecule has 3 rings (SSSR count). The van der Waals surface area contributed by atoms with Crippen molar-refractivity contribution in [2.45, 2.75) is 26.2 Å². The first kappa shape index (κ1) is 14.8. The van der Waals surface area contributed by atoms with Crippen LogP contribution in [-0.4, -0.2) is 22.8 Å². The summed E-state index contributed by atoms with van der Waals surface area (Å²) in [5.41, 5.74) is 3.29. The molecule has 0 saturated carbocycles. The van der Waals surface area contributed by atoms with Crippen LogP contribution in [-0.2, 0) is 5.41 Å². The Labute approximate surface area is 133 Å². The van der Waals surface area contributed by atoms with E-state index in [1.165, 1.54) is 0 Å². The Hall–Kier alpha value is -2.14. The van der Waals surface area contributed by atoms with E-state index in [1.807, 2.05) is 28.7 Å². The van der Waals surface area contributed by atoms with Gasteiger partial charge in [-0.25, -0.2) is 4.98 Å². The van der Waals surface area contributed by atoms with Crippen LogP contribution in [0.1, 0.15) is 37.0 Å². The van der Waals surface area contributed by atoms with Gasteiger partial charge in [0, 0.05) is 22.1 Å². The molecule has 5 heteroatoms. The summed E-state index contributed by atoms with van der Waals surface area (Å²) in [4.78, 5) is 17.2. The molecular formula is C17H18N2O2S. The van der Waals surface area contributed by atoms with Crippen molar-refractivity contribution in [3.05, 3.63) is 41.0 Å². The number of methoxy groups -OCH3 is 1. The van der Waals surface area contributed by atoms with Gasteiger partial charge in [-0.3, -0.25) is 9.20 Å². The molecular weight excluding hydrogens is 296 g/mol. The maximum atomic E-state index is 11.7. The van der Waals surface area contributed by atoms with Gasteiger partial charge in [-0.1, -0.05) is 20.8 Å². The second-order valence-corrected chi connectivity index (χ2v) is 7.02. The van der Waals surface area contributed by atoms with Gasteiger partial charge in [-0.2, -0.15) is 0 Å². The van der Waals surface area contributed by atoms with E-state index in [-0.39, 0.29) is 5.41 Å². The van der Waals surface area contributed by atoms with Crippen LogP contribution in [0.2, 0.25) is 0 Å². The molecule has 4 nitrogen and oxygen atoms in total. The molecule has 0 aliphatic carbocycles. The molecule has 0 unspecified atom stereocenters. The molecule has 0 fully saturated rings. The van der Waals surface area contributed by atoms with Gasteiger partial charge in [-0.15, -0.1) is 11.3 Å². The Bertz CT molecular complexity index is 823. The lowest BCUT2D eigenvalue weighted by Crippen LogP contribution is -2.15. The zero-order valence-electron chi connectivity index (χ0n) is 13.1. The summed E-state index contributed by atoms with van der Waals surface area (Å²) in [6, 6.07) is 7.61. The van der Waals surface area contributed by atoms with Crippen LogP contribution >= 0.6 is 11.3 Å². The molecule has 2 heterocycles. The van der Waals surface area contributed by atoms with Gasteiger partial charge in [0.25, 0.3) is 0 Å². The number of hydrogen-bond acceptors (Lipinski definition) is 4. The van der Waals surface area contributed by atoms with Crippen LogP contribution in [0.5, 0.6) is 5.75 Å². The molecule has 0 bridgehead atoms. The van der Waals surface area contributed by atoms with Crippen molar-refractivity contribution in [1.29, 1.82) is 0 Å². The van der Waals surface area contributed by atoms with Gasteiger partial charge in [0.05, 0.1) is 7.11 Å². The second-order valence-electron chi connectivity index (χ2n) is 6.18. The van der Waals surface area contributed by atoms with Crippen molar-refractivity contribution in [3.63, 3.8) is 0 Å². The maximum Gasteiger partial charge on any atom is 0.195 e. The van der Waals surface area contributed by atoms with Gasteiger partial charge in [0.15, 0.2) is 11.2 Å². The summed E-state index contributed by atoms with van der Waals surface area (Å²) in [6.07, 6.45) is 0.890. The number of aldehydes is 1. The number of ether oxygens (including phenoxy) is 1. The third kappa shape index (κ3) is 2.31. The van der Waals surface area contributed by atoms with E-state index in [0.29, 0.717) is 5.69 Å². The molecule has 3 aromatic rings. The molecule has 0 spiro atoms. The topological polar surface area (TPSA) is 43.6 Å². The summed E-state index contributed by atoms with van der Waals surface area (Å²) in [7, 11) is 1.63. The zero-order chi connectivity index (χ0) is 15.9. The third-order valence-electron chi connectivity index (χ3n) is 3.64. The van der Waals surface area contributed by atoms with Crippen molar-refractivity contribution in [2.24, 2.45) is 0 Å². The van der Waals surface area contributed by atoms with Crippen LogP contribution < -0.4 is 4.74 Å². The fourth-order valence-electron chi connectivity index (χ4n) is 2.47. The Morgan fingerprint density at radius 2 is 1.91 bits per heavy atom. The Morgan fingerprint density at radius 3 is 2.45 bits per heavy atom. The number of thiazole rings is 1. The molecule has 114 valence electrons. The lowest BCUT2D eigenvalue weighted by molar-refractivity contribution is 0.111. The first-order chi connectivity index (χ1) is 10.5. The van der Waals surface area contributed by atoms with E-state index in [0.717, 1.165) is 33.9 Å². The van der Waals surface area contributed by atoms with Crippen LogP contribution in [0, 0.1) is 0 Å². The van der Waals surface area contributed by atoms with E-state index < -0.39 is 0 Å². The third-order valence-corrected chi connectivity index (χ3v) is 4.47. The second kappa shape index (κ2) is 5.25. The SMILES string of the molecule is COc1ccc(-c2nc3scc(C(C)(C)C)n3c2C=O)cc1. The van der Waals surface area contributed by atoms with E-state index in [9.17, 15) is 4.79 Å². The monoisotopic (exact) mass is 314 g/mol. The van der Waals surface area contributed by atoms with Crippen LogP contribution in [0.15, 0.2) is 29.6 Å². The van der Waals surface area contributed by atoms with Crippen LogP contribution in [0.3, 0.4) is 0 Å². The molecule has 0 radical (unpaired) electrons. The minimum absolute atomic E-state index is 0.0477. The minimum Gasteiger partial charge on any atom is -0.497 e. The van der Waals surface area contributed by atoms with Crippen LogP contribution in [0.25, 0.3) is 16.2 Å². The molecule has 0 aliphatic rings. The van der Waals surface area contributed by atoms with Gasteiger partial charge in [-0.05, 0) is 24.3 Å². The van der Waals surface area contributed by atoms with Gasteiger partial charge < -0.3 is 4.74 Å². The fourth-order valence-corrected chi connectivity index (χ4v) is 3.59. The summed E-state index contributed by atoms with van der Waals surface area (Å²) in [6.45, 7) is 6.41. The first-order valence-corrected chi connectivity index (χ1v) is 7.93. The quantitative estimate of drug-likeness (QED) is 0.681. The lowest BCUT2D eigenvalue weighted by atomic mass is 9.93. The summed E-state index contributed by atoms with van der Waals surface area (Å²) in [5, 5.41) is 2.08. The maximum absolute atomic E-state index is 11.7. The molecule has 0 saturated heterocycles. The fraction of sp³-hybridized carbons (Fsp3) is 0.294.